The van der Waals surface area contributed by atoms with Crippen LogP contribution in [0.5, 0.6) is 11.5 Å². The first kappa shape index (κ1) is 62.7. The fourth-order valence-electron chi connectivity index (χ4n) is 10.8. The molecular weight excluding hydrogens is 1180 g/mol. The van der Waals surface area contributed by atoms with Gasteiger partial charge < -0.3 is 29.1 Å². The average molecular weight is 1250 g/mol. The number of hydrogen-bond acceptors (Lipinski definition) is 14. The standard InChI is InChI=1S/C62H71ClF3N6O8PS3/c1-61(2)31-29-57(47-19-23-50(63)24-20-47)49(44-61)45-71-38-40-72(41-39-71)52-25-21-48(22-26-52)60(73)68-84(77,78)56-27-28-58(59(43-56)83(75,76)62(64,65)66)67-51(46-82-55-17-10-5-11-18-55)30-33-70-36-34-69(35-37-70)32-12-42-81(74,79-53-13-6-3-7-14-53)80-54-15-8-4-9-16-54/h3-11,13-28,43,51,67H,12,29-42,44-46H2,1-2H3,(H,68,73)/t51-/m1/s1. The van der Waals surface area contributed by atoms with Crippen molar-refractivity contribution in [3.05, 3.63) is 179 Å². The molecule has 2 fully saturated rings. The zero-order valence-corrected chi connectivity index (χ0v) is 51.2. The monoisotopic (exact) mass is 1250 g/mol. The van der Waals surface area contributed by atoms with E-state index in [2.05, 4.69) is 50.9 Å². The van der Waals surface area contributed by atoms with Gasteiger partial charge in [0.1, 0.15) is 16.4 Å². The van der Waals surface area contributed by atoms with Gasteiger partial charge in [-0.25, -0.2) is 26.1 Å². The van der Waals surface area contributed by atoms with Crippen LogP contribution in [-0.4, -0.2) is 133 Å². The summed E-state index contributed by atoms with van der Waals surface area (Å²) in [6.45, 7) is 12.4. The molecule has 0 spiro atoms. The van der Waals surface area contributed by atoms with E-state index in [4.69, 9.17) is 20.6 Å². The van der Waals surface area contributed by atoms with Gasteiger partial charge in [0.15, 0.2) is 0 Å². The molecule has 0 unspecified atom stereocenters. The molecular formula is C62H71ClF3N6O8PS3. The highest BCUT2D eigenvalue weighted by molar-refractivity contribution is 7.99. The van der Waals surface area contributed by atoms with Gasteiger partial charge in [-0.05, 0) is 146 Å². The average Bonchev–Trinajstić information content (AvgIpc) is 2.20. The van der Waals surface area contributed by atoms with Crippen LogP contribution >= 0.6 is 31.0 Å². The number of anilines is 2. The minimum atomic E-state index is -6.13. The number of thioether (sulfide) groups is 1. The molecule has 2 saturated heterocycles. The maximum atomic E-state index is 14.5. The van der Waals surface area contributed by atoms with Crippen molar-refractivity contribution in [2.45, 2.75) is 72.2 Å². The summed E-state index contributed by atoms with van der Waals surface area (Å²) < 4.78 is 126. The van der Waals surface area contributed by atoms with Gasteiger partial charge in [-0.3, -0.25) is 9.69 Å². The van der Waals surface area contributed by atoms with E-state index in [-0.39, 0.29) is 17.1 Å². The molecule has 2 N–H and O–H groups in total. The first-order valence-electron chi connectivity index (χ1n) is 28.1. The molecule has 0 saturated carbocycles. The molecule has 22 heteroatoms. The summed E-state index contributed by atoms with van der Waals surface area (Å²) in [5.41, 5.74) is -1.16. The van der Waals surface area contributed by atoms with Gasteiger partial charge >= 0.3 is 13.1 Å². The van der Waals surface area contributed by atoms with Crippen LogP contribution in [0.3, 0.4) is 0 Å². The van der Waals surface area contributed by atoms with Crippen molar-refractivity contribution >= 4 is 73.7 Å². The van der Waals surface area contributed by atoms with Gasteiger partial charge in [-0.15, -0.1) is 11.8 Å². The third kappa shape index (κ3) is 17.0. The van der Waals surface area contributed by atoms with Crippen molar-refractivity contribution in [1.29, 1.82) is 0 Å². The highest BCUT2D eigenvalue weighted by Gasteiger charge is 2.48. The highest BCUT2D eigenvalue weighted by Crippen LogP contribution is 2.49. The third-order valence-corrected chi connectivity index (χ3v) is 21.5. The van der Waals surface area contributed by atoms with E-state index in [9.17, 15) is 39.4 Å². The Morgan fingerprint density at radius 2 is 1.30 bits per heavy atom. The number of allylic oxidation sites excluding steroid dienone is 1. The summed E-state index contributed by atoms with van der Waals surface area (Å²) in [5, 5.41) is 3.76. The van der Waals surface area contributed by atoms with Gasteiger partial charge in [0.2, 0.25) is 0 Å². The van der Waals surface area contributed by atoms with E-state index in [0.717, 1.165) is 74.7 Å². The van der Waals surface area contributed by atoms with Crippen LogP contribution in [0.2, 0.25) is 5.02 Å². The lowest BCUT2D eigenvalue weighted by Crippen LogP contribution is -2.47. The number of carbonyl (C=O) groups excluding carboxylic acids is 1. The number of benzene rings is 6. The molecule has 6 aromatic carbocycles. The maximum Gasteiger partial charge on any atom is 0.501 e. The number of alkyl halides is 3. The second-order valence-electron chi connectivity index (χ2n) is 22.2. The van der Waals surface area contributed by atoms with Crippen molar-refractivity contribution in [2.75, 3.05) is 94.1 Å². The van der Waals surface area contributed by atoms with Crippen LogP contribution < -0.4 is 24.0 Å². The summed E-state index contributed by atoms with van der Waals surface area (Å²) in [4.78, 5) is 21.4. The van der Waals surface area contributed by atoms with E-state index in [1.807, 2.05) is 59.3 Å². The molecule has 84 heavy (non-hydrogen) atoms. The molecule has 2 aliphatic heterocycles. The number of nitrogens with one attached hydrogen (secondary N) is 2. The molecule has 2 heterocycles. The minimum Gasteiger partial charge on any atom is -0.416 e. The third-order valence-electron chi connectivity index (χ3n) is 15.4. The van der Waals surface area contributed by atoms with E-state index in [0.29, 0.717) is 80.5 Å². The van der Waals surface area contributed by atoms with Gasteiger partial charge in [0.25, 0.3) is 25.8 Å². The van der Waals surface area contributed by atoms with Gasteiger partial charge in [-0.2, -0.15) is 13.2 Å². The quantitative estimate of drug-likeness (QED) is 0.0436. The number of rotatable bonds is 24. The smallest absolute Gasteiger partial charge is 0.416 e. The van der Waals surface area contributed by atoms with Crippen molar-refractivity contribution in [1.82, 2.24) is 19.4 Å². The predicted octanol–water partition coefficient (Wildman–Crippen LogP) is 12.9. The van der Waals surface area contributed by atoms with Crippen molar-refractivity contribution in [2.24, 2.45) is 5.41 Å². The Kier molecular flexibility index (Phi) is 20.7. The Morgan fingerprint density at radius 1 is 0.726 bits per heavy atom. The number of sulfonamides is 1. The molecule has 0 radical (unpaired) electrons. The summed E-state index contributed by atoms with van der Waals surface area (Å²) in [6, 6.07) is 43.5. The first-order valence-corrected chi connectivity index (χ1v) is 34.2. The van der Waals surface area contributed by atoms with E-state index < -0.39 is 60.4 Å². The fraction of sp³-hybridized carbons (Fsp3) is 0.371. The number of sulfone groups is 1. The summed E-state index contributed by atoms with van der Waals surface area (Å²) in [5.74, 6) is 0.169. The SMILES string of the molecule is CC1(C)CCC(c2ccc(Cl)cc2)=C(CN2CCN(c3ccc(C(=O)NS(=O)(=O)c4ccc(N[C@H](CCN5CCN(CCCP(=O)(Oc6ccccc6)Oc6ccccc6)CC5)CSc5ccccc5)c(S(=O)(=O)C(F)(F)F)c4)cc3)CC2)C1. The normalized spacial score (nSPS) is 17.1. The number of hydrogen-bond donors (Lipinski definition) is 2. The van der Waals surface area contributed by atoms with E-state index >= 15 is 0 Å². The van der Waals surface area contributed by atoms with Crippen molar-refractivity contribution < 1.29 is 48.4 Å². The number of carbonyl (C=O) groups is 1. The molecule has 3 aliphatic rings. The van der Waals surface area contributed by atoms with Crippen LogP contribution in [0.15, 0.2) is 178 Å². The van der Waals surface area contributed by atoms with Gasteiger partial charge in [0.05, 0.1) is 16.7 Å². The molecule has 9 rings (SSSR count). The molecule has 0 aromatic heterocycles. The van der Waals surface area contributed by atoms with Crippen LogP contribution in [0.25, 0.3) is 5.57 Å². The van der Waals surface area contributed by atoms with Crippen LogP contribution in [0.1, 0.15) is 61.9 Å². The lowest BCUT2D eigenvalue weighted by Gasteiger charge is -2.39. The van der Waals surface area contributed by atoms with E-state index in [1.54, 1.807) is 60.7 Å². The number of nitrogens with zero attached hydrogens (tertiary/aromatic N) is 4. The fourth-order valence-corrected chi connectivity index (χ4v) is 15.6. The Hall–Kier alpha value is -5.83. The van der Waals surface area contributed by atoms with Gasteiger partial charge in [-0.1, -0.05) is 97.8 Å². The molecule has 1 atom stereocenters. The number of halogens is 4. The molecule has 1 aliphatic carbocycles. The topological polar surface area (TPSA) is 158 Å². The molecule has 1 amide bonds. The number of para-hydroxylation sites is 2. The van der Waals surface area contributed by atoms with E-state index in [1.165, 1.54) is 40.6 Å². The van der Waals surface area contributed by atoms with Crippen LogP contribution in [0, 0.1) is 5.41 Å². The van der Waals surface area contributed by atoms with Gasteiger partial charge in [0, 0.05) is 98.4 Å². The first-order chi connectivity index (χ1) is 40.1. The highest BCUT2D eigenvalue weighted by atomic mass is 35.5. The molecule has 0 bridgehead atoms. The lowest BCUT2D eigenvalue weighted by atomic mass is 9.73. The van der Waals surface area contributed by atoms with Crippen molar-refractivity contribution in [3.63, 3.8) is 0 Å². The Morgan fingerprint density at radius 3 is 1.89 bits per heavy atom. The minimum absolute atomic E-state index is 0.0186. The predicted molar refractivity (Wildman–Crippen MR) is 329 cm³/mol. The zero-order chi connectivity index (χ0) is 59.5. The largest absolute Gasteiger partial charge is 0.501 e. The Labute approximate surface area is 501 Å². The molecule has 14 nitrogen and oxygen atoms in total. The Bertz CT molecular complexity index is 3440. The Balaban J connectivity index is 0.818. The number of piperazine rings is 2. The maximum absolute atomic E-state index is 14.5. The second-order valence-corrected chi connectivity index (χ2v) is 29.4. The van der Waals surface area contributed by atoms with Crippen molar-refractivity contribution in [3.8, 4) is 11.5 Å². The molecule has 448 valence electrons. The summed E-state index contributed by atoms with van der Waals surface area (Å²) >= 11 is 7.65. The summed E-state index contributed by atoms with van der Waals surface area (Å²) in [7, 11) is -14.6. The number of amides is 1. The zero-order valence-electron chi connectivity index (χ0n) is 47.1. The van der Waals surface area contributed by atoms with Crippen LogP contribution in [-0.2, 0) is 24.4 Å². The second kappa shape index (κ2) is 27.7. The lowest BCUT2D eigenvalue weighted by molar-refractivity contribution is -0.0436. The summed E-state index contributed by atoms with van der Waals surface area (Å²) in [6.07, 6.45) is 4.22. The molecule has 6 aromatic rings. The van der Waals surface area contributed by atoms with Crippen LogP contribution in [0.4, 0.5) is 24.5 Å².